The Morgan fingerprint density at radius 1 is 1.39 bits per heavy atom. The van der Waals surface area contributed by atoms with Crippen molar-refractivity contribution < 1.29 is 14.6 Å². The number of carbonyl (C=O) groups excluding carboxylic acids is 1. The molecular formula is C15H22O3. The first kappa shape index (κ1) is 12.4. The highest BCUT2D eigenvalue weighted by atomic mass is 16.6. The van der Waals surface area contributed by atoms with Crippen LogP contribution in [0.15, 0.2) is 11.6 Å². The van der Waals surface area contributed by atoms with E-state index in [-0.39, 0.29) is 28.4 Å². The summed E-state index contributed by atoms with van der Waals surface area (Å²) in [6, 6.07) is 0. The van der Waals surface area contributed by atoms with Crippen molar-refractivity contribution in [3.8, 4) is 0 Å². The zero-order valence-electron chi connectivity index (χ0n) is 11.4. The van der Waals surface area contributed by atoms with Gasteiger partial charge in [0.15, 0.2) is 12.1 Å². The fraction of sp³-hybridized carbons (Fsp3) is 0.800. The van der Waals surface area contributed by atoms with E-state index in [1.54, 1.807) is 6.08 Å². The number of rotatable bonds is 0. The van der Waals surface area contributed by atoms with Crippen molar-refractivity contribution in [2.24, 2.45) is 22.7 Å². The Balaban J connectivity index is 2.17. The van der Waals surface area contributed by atoms with Gasteiger partial charge in [0.2, 0.25) is 0 Å². The molecular weight excluding hydrogens is 228 g/mol. The maximum atomic E-state index is 12.5. The van der Waals surface area contributed by atoms with Crippen molar-refractivity contribution in [1.29, 1.82) is 0 Å². The summed E-state index contributed by atoms with van der Waals surface area (Å²) in [5.74, 6) is 0.317. The summed E-state index contributed by atoms with van der Waals surface area (Å²) in [6.07, 6.45) is 4.05. The summed E-state index contributed by atoms with van der Waals surface area (Å²) in [7, 11) is 0. The van der Waals surface area contributed by atoms with E-state index < -0.39 is 6.29 Å². The van der Waals surface area contributed by atoms with Crippen molar-refractivity contribution in [2.45, 2.75) is 46.3 Å². The average Bonchev–Trinajstić information content (AvgIpc) is 2.55. The third-order valence-corrected chi connectivity index (χ3v) is 5.48. The lowest BCUT2D eigenvalue weighted by Gasteiger charge is -2.54. The molecule has 18 heavy (non-hydrogen) atoms. The molecule has 1 saturated carbocycles. The Bertz CT molecular complexity index is 423. The molecule has 0 unspecified atom stereocenters. The molecule has 2 fully saturated rings. The van der Waals surface area contributed by atoms with Crippen LogP contribution < -0.4 is 0 Å². The van der Waals surface area contributed by atoms with Crippen LogP contribution in [0.5, 0.6) is 0 Å². The van der Waals surface area contributed by atoms with Gasteiger partial charge >= 0.3 is 0 Å². The predicted molar refractivity (Wildman–Crippen MR) is 67.8 cm³/mol. The number of hydrogen-bond donors (Lipinski definition) is 1. The van der Waals surface area contributed by atoms with E-state index >= 15 is 0 Å². The number of allylic oxidation sites excluding steroid dienone is 1. The predicted octanol–water partition coefficient (Wildman–Crippen LogP) is 2.29. The highest BCUT2D eigenvalue weighted by molar-refractivity contribution is 5.95. The molecule has 0 bridgehead atoms. The van der Waals surface area contributed by atoms with Crippen LogP contribution in [0.25, 0.3) is 0 Å². The molecule has 3 rings (SSSR count). The minimum atomic E-state index is -0.778. The smallest absolute Gasteiger partial charge is 0.161 e. The Hall–Kier alpha value is -0.670. The van der Waals surface area contributed by atoms with Gasteiger partial charge in [-0.25, -0.2) is 0 Å². The Labute approximate surface area is 108 Å². The lowest BCUT2D eigenvalue weighted by atomic mass is 9.48. The van der Waals surface area contributed by atoms with Crippen molar-refractivity contribution in [3.63, 3.8) is 0 Å². The summed E-state index contributed by atoms with van der Waals surface area (Å²) < 4.78 is 5.53. The van der Waals surface area contributed by atoms with E-state index in [0.29, 0.717) is 6.61 Å². The zero-order chi connectivity index (χ0) is 13.1. The molecule has 1 N–H and O–H groups in total. The number of carbonyl (C=O) groups is 1. The SMILES string of the molecule is CC1=CC(=O)[C@@H]2C(C)(C)CCC[C@@]23[C@H](O)OC[C@@H]13. The molecule has 1 spiro atoms. The van der Waals surface area contributed by atoms with Crippen LogP contribution in [0.3, 0.4) is 0 Å². The monoisotopic (exact) mass is 250 g/mol. The van der Waals surface area contributed by atoms with Gasteiger partial charge in [-0.3, -0.25) is 4.79 Å². The quantitative estimate of drug-likeness (QED) is 0.717. The topological polar surface area (TPSA) is 46.5 Å². The number of ether oxygens (including phenoxy) is 1. The van der Waals surface area contributed by atoms with Gasteiger partial charge < -0.3 is 9.84 Å². The summed E-state index contributed by atoms with van der Waals surface area (Å²) in [5.41, 5.74) is 0.683. The second-order valence-electron chi connectivity index (χ2n) is 6.92. The molecule has 1 aliphatic heterocycles. The van der Waals surface area contributed by atoms with Gasteiger partial charge in [0, 0.05) is 17.3 Å². The van der Waals surface area contributed by atoms with E-state index in [2.05, 4.69) is 13.8 Å². The lowest BCUT2D eigenvalue weighted by Crippen LogP contribution is -2.56. The maximum absolute atomic E-state index is 12.5. The molecule has 0 aromatic heterocycles. The molecule has 0 amide bonds. The van der Waals surface area contributed by atoms with Crippen molar-refractivity contribution in [3.05, 3.63) is 11.6 Å². The fourth-order valence-electron chi connectivity index (χ4n) is 4.79. The summed E-state index contributed by atoms with van der Waals surface area (Å²) in [6.45, 7) is 6.88. The first-order chi connectivity index (χ1) is 8.39. The molecule has 1 heterocycles. The molecule has 2 aliphatic carbocycles. The van der Waals surface area contributed by atoms with Crippen LogP contribution in [0.1, 0.15) is 40.0 Å². The largest absolute Gasteiger partial charge is 0.367 e. The van der Waals surface area contributed by atoms with Crippen molar-refractivity contribution in [2.75, 3.05) is 6.61 Å². The number of hydrogen-bond acceptors (Lipinski definition) is 3. The molecule has 3 nitrogen and oxygen atoms in total. The Morgan fingerprint density at radius 3 is 2.83 bits per heavy atom. The summed E-state index contributed by atoms with van der Waals surface area (Å²) in [5, 5.41) is 10.4. The van der Waals surface area contributed by atoms with Gasteiger partial charge in [-0.2, -0.15) is 0 Å². The standard InChI is InChI=1S/C15H22O3/c1-9-7-11(16)12-14(2,3)5-4-6-15(12)10(9)8-18-13(15)17/h7,10,12-13,17H,4-6,8H2,1-3H3/t10-,12+,13+,15-/m0/s1. The third kappa shape index (κ3) is 1.35. The molecule has 3 heteroatoms. The minimum absolute atomic E-state index is 0.0422. The van der Waals surface area contributed by atoms with Crippen LogP contribution in [0.4, 0.5) is 0 Å². The van der Waals surface area contributed by atoms with E-state index in [9.17, 15) is 9.90 Å². The normalized spacial score (nSPS) is 46.3. The van der Waals surface area contributed by atoms with Gasteiger partial charge in [0.1, 0.15) is 0 Å². The summed E-state index contributed by atoms with van der Waals surface area (Å²) >= 11 is 0. The highest BCUT2D eigenvalue weighted by Gasteiger charge is 2.64. The van der Waals surface area contributed by atoms with Gasteiger partial charge in [-0.05, 0) is 31.3 Å². The van der Waals surface area contributed by atoms with Crippen LogP contribution in [0, 0.1) is 22.7 Å². The van der Waals surface area contributed by atoms with E-state index in [1.165, 1.54) is 0 Å². The van der Waals surface area contributed by atoms with Crippen LogP contribution >= 0.6 is 0 Å². The van der Waals surface area contributed by atoms with Crippen LogP contribution in [-0.2, 0) is 9.53 Å². The lowest BCUT2D eigenvalue weighted by molar-refractivity contribution is -0.179. The van der Waals surface area contributed by atoms with Crippen LogP contribution in [0.2, 0.25) is 0 Å². The highest BCUT2D eigenvalue weighted by Crippen LogP contribution is 2.62. The first-order valence-electron chi connectivity index (χ1n) is 6.91. The molecule has 0 aromatic carbocycles. The van der Waals surface area contributed by atoms with Gasteiger partial charge in [-0.1, -0.05) is 25.8 Å². The van der Waals surface area contributed by atoms with Crippen LogP contribution in [-0.4, -0.2) is 23.8 Å². The van der Waals surface area contributed by atoms with E-state index in [4.69, 9.17) is 4.74 Å². The number of aliphatic hydroxyl groups is 1. The molecule has 0 aromatic rings. The maximum Gasteiger partial charge on any atom is 0.161 e. The second-order valence-corrected chi connectivity index (χ2v) is 6.92. The first-order valence-corrected chi connectivity index (χ1v) is 6.91. The Kier molecular flexibility index (Phi) is 2.52. The molecule has 3 aliphatic rings. The number of ketones is 1. The zero-order valence-corrected chi connectivity index (χ0v) is 11.4. The fourth-order valence-corrected chi connectivity index (χ4v) is 4.79. The molecule has 4 atom stereocenters. The molecule has 0 radical (unpaired) electrons. The van der Waals surface area contributed by atoms with Gasteiger partial charge in [0.25, 0.3) is 0 Å². The Morgan fingerprint density at radius 2 is 2.11 bits per heavy atom. The van der Waals surface area contributed by atoms with Gasteiger partial charge in [0.05, 0.1) is 6.61 Å². The van der Waals surface area contributed by atoms with Crippen molar-refractivity contribution >= 4 is 5.78 Å². The van der Waals surface area contributed by atoms with E-state index in [1.807, 2.05) is 6.92 Å². The minimum Gasteiger partial charge on any atom is -0.367 e. The second kappa shape index (κ2) is 3.67. The summed E-state index contributed by atoms with van der Waals surface area (Å²) in [4.78, 5) is 12.5. The number of aliphatic hydroxyl groups excluding tert-OH is 1. The average molecular weight is 250 g/mol. The third-order valence-electron chi connectivity index (χ3n) is 5.48. The van der Waals surface area contributed by atoms with Gasteiger partial charge in [-0.15, -0.1) is 0 Å². The van der Waals surface area contributed by atoms with E-state index in [0.717, 1.165) is 24.8 Å². The van der Waals surface area contributed by atoms with Crippen molar-refractivity contribution in [1.82, 2.24) is 0 Å². The molecule has 100 valence electrons. The molecule has 1 saturated heterocycles.